The Hall–Kier alpha value is -2.16. The van der Waals surface area contributed by atoms with Gasteiger partial charge in [-0.05, 0) is 31.2 Å². The van der Waals surface area contributed by atoms with Gasteiger partial charge in [0.2, 0.25) is 11.8 Å². The van der Waals surface area contributed by atoms with Crippen LogP contribution in [-0.4, -0.2) is 99.2 Å². The highest BCUT2D eigenvalue weighted by atomic mass is 16.5. The van der Waals surface area contributed by atoms with E-state index in [1.807, 2.05) is 17.0 Å². The molecule has 3 rings (SSSR count). The van der Waals surface area contributed by atoms with Gasteiger partial charge in [0, 0.05) is 65.4 Å². The highest BCUT2D eigenvalue weighted by Crippen LogP contribution is 2.16. The third kappa shape index (κ3) is 6.97. The van der Waals surface area contributed by atoms with Crippen molar-refractivity contribution >= 4 is 11.8 Å². The second-order valence-corrected chi connectivity index (χ2v) is 8.15. The number of nitrogens with zero attached hydrogens (tertiary/aromatic N) is 3. The molecule has 166 valence electrons. The van der Waals surface area contributed by atoms with Gasteiger partial charge >= 0.3 is 0 Å². The van der Waals surface area contributed by atoms with E-state index < -0.39 is 0 Å². The minimum absolute atomic E-state index is 0.0606. The molecular formula is C22H34N4O4. The Morgan fingerprint density at radius 2 is 2.07 bits per heavy atom. The fraction of sp³-hybridized carbons (Fsp3) is 0.636. The van der Waals surface area contributed by atoms with Crippen molar-refractivity contribution in [1.29, 1.82) is 0 Å². The highest BCUT2D eigenvalue weighted by Gasteiger charge is 2.22. The van der Waals surface area contributed by atoms with Crippen molar-refractivity contribution in [3.05, 3.63) is 29.8 Å². The molecule has 8 heteroatoms. The molecule has 0 aliphatic carbocycles. The monoisotopic (exact) mass is 418 g/mol. The summed E-state index contributed by atoms with van der Waals surface area (Å²) in [5.41, 5.74) is 1.20. The van der Waals surface area contributed by atoms with E-state index in [0.717, 1.165) is 58.0 Å². The summed E-state index contributed by atoms with van der Waals surface area (Å²) in [6.45, 7) is 6.51. The van der Waals surface area contributed by atoms with Gasteiger partial charge in [-0.15, -0.1) is 0 Å². The summed E-state index contributed by atoms with van der Waals surface area (Å²) in [5, 5.41) is 3.02. The number of amides is 2. The summed E-state index contributed by atoms with van der Waals surface area (Å²) in [4.78, 5) is 29.6. The summed E-state index contributed by atoms with van der Waals surface area (Å²) in [6, 6.07) is 8.46. The van der Waals surface area contributed by atoms with E-state index >= 15 is 0 Å². The molecule has 1 N–H and O–H groups in total. The third-order valence-electron chi connectivity index (χ3n) is 5.64. The predicted octanol–water partition coefficient (Wildman–Crippen LogP) is 0.566. The van der Waals surface area contributed by atoms with Crippen LogP contribution in [0, 0.1) is 0 Å². The molecule has 8 nitrogen and oxygen atoms in total. The van der Waals surface area contributed by atoms with Crippen LogP contribution in [0.25, 0.3) is 0 Å². The number of hydrogen-bond acceptors (Lipinski definition) is 6. The zero-order valence-electron chi connectivity index (χ0n) is 18.1. The van der Waals surface area contributed by atoms with Crippen molar-refractivity contribution < 1.29 is 19.1 Å². The number of benzene rings is 1. The average Bonchev–Trinajstić information content (AvgIpc) is 3.13. The summed E-state index contributed by atoms with van der Waals surface area (Å²) in [5.74, 6) is 1.10. The summed E-state index contributed by atoms with van der Waals surface area (Å²) >= 11 is 0. The van der Waals surface area contributed by atoms with E-state index in [1.165, 1.54) is 5.56 Å². The Balaban J connectivity index is 1.36. The van der Waals surface area contributed by atoms with E-state index in [-0.39, 0.29) is 24.5 Å². The molecule has 0 spiro atoms. The van der Waals surface area contributed by atoms with Crippen LogP contribution in [0.5, 0.6) is 5.75 Å². The van der Waals surface area contributed by atoms with Gasteiger partial charge in [0.25, 0.3) is 0 Å². The molecule has 1 aromatic carbocycles. The maximum Gasteiger partial charge on any atom is 0.248 e. The second-order valence-electron chi connectivity index (χ2n) is 8.15. The standard InChI is InChI=1S/C22H34N4O4/c1-24(16-19-6-7-21(27)23-19)15-18-4-3-5-20(14-18)30-13-12-25-8-10-26(11-9-25)22(28)17-29-2/h3-5,14,19H,6-13,15-17H2,1-2H3,(H,23,27). The van der Waals surface area contributed by atoms with E-state index in [0.29, 0.717) is 13.0 Å². The molecular weight excluding hydrogens is 384 g/mol. The van der Waals surface area contributed by atoms with Crippen LogP contribution in [0.2, 0.25) is 0 Å². The van der Waals surface area contributed by atoms with E-state index in [1.54, 1.807) is 7.11 Å². The zero-order valence-corrected chi connectivity index (χ0v) is 18.1. The molecule has 0 saturated carbocycles. The van der Waals surface area contributed by atoms with Crippen LogP contribution in [0.3, 0.4) is 0 Å². The number of ether oxygens (including phenoxy) is 2. The smallest absolute Gasteiger partial charge is 0.248 e. The summed E-state index contributed by atoms with van der Waals surface area (Å²) in [6.07, 6.45) is 1.56. The van der Waals surface area contributed by atoms with E-state index in [9.17, 15) is 9.59 Å². The van der Waals surface area contributed by atoms with Gasteiger partial charge in [-0.2, -0.15) is 0 Å². The predicted molar refractivity (Wildman–Crippen MR) is 114 cm³/mol. The Morgan fingerprint density at radius 3 is 2.77 bits per heavy atom. The van der Waals surface area contributed by atoms with E-state index in [2.05, 4.69) is 34.3 Å². The molecule has 2 fully saturated rings. The normalized spacial score (nSPS) is 19.9. The van der Waals surface area contributed by atoms with Crippen LogP contribution in [0.1, 0.15) is 18.4 Å². The van der Waals surface area contributed by atoms with Crippen LogP contribution in [-0.2, 0) is 20.9 Å². The SMILES string of the molecule is COCC(=O)N1CCN(CCOc2cccc(CN(C)CC3CCC(=O)N3)c2)CC1. The molecule has 1 aromatic rings. The van der Waals surface area contributed by atoms with E-state index in [4.69, 9.17) is 9.47 Å². The van der Waals surface area contributed by atoms with Gasteiger partial charge in [0.15, 0.2) is 0 Å². The molecule has 1 atom stereocenters. The Labute approximate surface area is 179 Å². The largest absolute Gasteiger partial charge is 0.492 e. The molecule has 0 bridgehead atoms. The molecule has 1 unspecified atom stereocenters. The average molecular weight is 419 g/mol. The first-order chi connectivity index (χ1) is 14.5. The third-order valence-corrected chi connectivity index (χ3v) is 5.64. The van der Waals surface area contributed by atoms with Gasteiger partial charge in [0.05, 0.1) is 0 Å². The summed E-state index contributed by atoms with van der Waals surface area (Å²) < 4.78 is 10.9. The number of rotatable bonds is 10. The van der Waals surface area contributed by atoms with Gasteiger partial charge < -0.3 is 24.6 Å². The second kappa shape index (κ2) is 11.3. The molecule has 30 heavy (non-hydrogen) atoms. The highest BCUT2D eigenvalue weighted by molar-refractivity contribution is 5.78. The van der Waals surface area contributed by atoms with Gasteiger partial charge in [-0.25, -0.2) is 0 Å². The number of hydrogen-bond donors (Lipinski definition) is 1. The lowest BCUT2D eigenvalue weighted by atomic mass is 10.1. The Kier molecular flexibility index (Phi) is 8.48. The van der Waals surface area contributed by atoms with Crippen molar-refractivity contribution in [3.8, 4) is 5.75 Å². The van der Waals surface area contributed by atoms with Crippen molar-refractivity contribution in [3.63, 3.8) is 0 Å². The minimum atomic E-state index is 0.0606. The summed E-state index contributed by atoms with van der Waals surface area (Å²) in [7, 11) is 3.63. The lowest BCUT2D eigenvalue weighted by Crippen LogP contribution is -2.50. The van der Waals surface area contributed by atoms with Gasteiger partial charge in [-0.1, -0.05) is 12.1 Å². The van der Waals surface area contributed by atoms with Crippen LogP contribution in [0.4, 0.5) is 0 Å². The number of likely N-dealkylation sites (N-methyl/N-ethyl adjacent to an activating group) is 1. The number of carbonyl (C=O) groups is 2. The molecule has 0 aromatic heterocycles. The Bertz CT molecular complexity index is 706. The molecule has 2 amide bonds. The van der Waals surface area contributed by atoms with Crippen molar-refractivity contribution in [2.45, 2.75) is 25.4 Å². The fourth-order valence-electron chi connectivity index (χ4n) is 4.03. The minimum Gasteiger partial charge on any atom is -0.492 e. The number of nitrogens with one attached hydrogen (secondary N) is 1. The molecule has 0 radical (unpaired) electrons. The van der Waals surface area contributed by atoms with Crippen molar-refractivity contribution in [2.75, 3.05) is 66.6 Å². The number of methoxy groups -OCH3 is 1. The lowest BCUT2D eigenvalue weighted by molar-refractivity contribution is -0.136. The topological polar surface area (TPSA) is 74.4 Å². The van der Waals surface area contributed by atoms with Crippen molar-refractivity contribution in [1.82, 2.24) is 20.0 Å². The van der Waals surface area contributed by atoms with Crippen LogP contribution >= 0.6 is 0 Å². The van der Waals surface area contributed by atoms with Crippen LogP contribution < -0.4 is 10.1 Å². The quantitative estimate of drug-likeness (QED) is 0.599. The molecule has 2 saturated heterocycles. The fourth-order valence-corrected chi connectivity index (χ4v) is 4.03. The maximum absolute atomic E-state index is 11.9. The van der Waals surface area contributed by atoms with Crippen molar-refractivity contribution in [2.24, 2.45) is 0 Å². The number of piperazine rings is 1. The molecule has 2 aliphatic heterocycles. The molecule has 2 heterocycles. The maximum atomic E-state index is 11.9. The van der Waals surface area contributed by atoms with Gasteiger partial charge in [0.1, 0.15) is 19.0 Å². The first-order valence-corrected chi connectivity index (χ1v) is 10.7. The van der Waals surface area contributed by atoms with Gasteiger partial charge in [-0.3, -0.25) is 14.5 Å². The number of carbonyl (C=O) groups excluding carboxylic acids is 2. The lowest BCUT2D eigenvalue weighted by Gasteiger charge is -2.34. The Morgan fingerprint density at radius 1 is 1.27 bits per heavy atom. The molecule has 2 aliphatic rings. The first kappa shape index (κ1) is 22.5. The zero-order chi connectivity index (χ0) is 21.3. The van der Waals surface area contributed by atoms with Crippen LogP contribution in [0.15, 0.2) is 24.3 Å². The first-order valence-electron chi connectivity index (χ1n) is 10.7.